The van der Waals surface area contributed by atoms with Gasteiger partial charge in [-0.3, -0.25) is 4.79 Å². The lowest BCUT2D eigenvalue weighted by Gasteiger charge is -2.09. The normalized spacial score (nSPS) is 10.6. The number of benzene rings is 2. The highest BCUT2D eigenvalue weighted by Gasteiger charge is 2.12. The zero-order valence-electron chi connectivity index (χ0n) is 14.5. The van der Waals surface area contributed by atoms with Gasteiger partial charge in [0.25, 0.3) is 0 Å². The number of aryl methyl sites for hydroxylation is 1. The van der Waals surface area contributed by atoms with Crippen LogP contribution in [0.4, 0.5) is 4.39 Å². The Morgan fingerprint density at radius 3 is 2.42 bits per heavy atom. The summed E-state index contributed by atoms with van der Waals surface area (Å²) in [6.07, 6.45) is 0. The third-order valence-corrected chi connectivity index (χ3v) is 4.97. The van der Waals surface area contributed by atoms with Crippen molar-refractivity contribution < 1.29 is 18.7 Å². The fourth-order valence-corrected chi connectivity index (χ4v) is 3.38. The van der Waals surface area contributed by atoms with E-state index in [2.05, 4.69) is 4.98 Å². The number of ether oxygens (including phenoxy) is 2. The van der Waals surface area contributed by atoms with Crippen molar-refractivity contribution in [2.75, 3.05) is 13.2 Å². The smallest absolute Gasteiger partial charge is 0.171 e. The second kappa shape index (κ2) is 8.10. The van der Waals surface area contributed by atoms with E-state index in [1.165, 1.54) is 17.4 Å². The zero-order chi connectivity index (χ0) is 18.5. The number of Topliss-reactive ketones (excluding diaryl/α,β-unsaturated/α-hetero) is 1. The third-order valence-electron chi connectivity index (χ3n) is 3.66. The summed E-state index contributed by atoms with van der Waals surface area (Å²) in [6.45, 7) is 3.93. The number of halogens is 1. The van der Waals surface area contributed by atoms with Crippen molar-refractivity contribution in [3.8, 4) is 22.1 Å². The maximum atomic E-state index is 13.4. The summed E-state index contributed by atoms with van der Waals surface area (Å²) in [6, 6.07) is 13.7. The minimum Gasteiger partial charge on any atom is -0.490 e. The third kappa shape index (κ3) is 4.26. The van der Waals surface area contributed by atoms with E-state index in [1.807, 2.05) is 31.2 Å². The van der Waals surface area contributed by atoms with Gasteiger partial charge in [0.1, 0.15) is 24.0 Å². The lowest BCUT2D eigenvalue weighted by atomic mass is 10.2. The van der Waals surface area contributed by atoms with Crippen LogP contribution in [0.3, 0.4) is 0 Å². The standard InChI is InChI=1S/C20H18FNO3S/c1-13-19(14(2)23)26-20(22-13)15-7-9-16(10-8-15)24-11-12-25-18-6-4-3-5-17(18)21/h3-10H,11-12H2,1-2H3. The van der Waals surface area contributed by atoms with Gasteiger partial charge >= 0.3 is 0 Å². The quantitative estimate of drug-likeness (QED) is 0.437. The van der Waals surface area contributed by atoms with Crippen molar-refractivity contribution in [1.82, 2.24) is 4.98 Å². The molecule has 0 aliphatic carbocycles. The Morgan fingerprint density at radius 2 is 1.77 bits per heavy atom. The summed E-state index contributed by atoms with van der Waals surface area (Å²) in [7, 11) is 0. The second-order valence-electron chi connectivity index (χ2n) is 5.64. The lowest BCUT2D eigenvalue weighted by molar-refractivity contribution is 0.102. The van der Waals surface area contributed by atoms with Gasteiger partial charge in [0.05, 0.1) is 10.6 Å². The van der Waals surface area contributed by atoms with Gasteiger partial charge in [0.2, 0.25) is 0 Å². The van der Waals surface area contributed by atoms with Crippen LogP contribution in [-0.2, 0) is 0 Å². The summed E-state index contributed by atoms with van der Waals surface area (Å²) in [5.74, 6) is 0.541. The molecule has 2 aromatic carbocycles. The molecule has 1 heterocycles. The van der Waals surface area contributed by atoms with E-state index in [9.17, 15) is 9.18 Å². The van der Waals surface area contributed by atoms with Crippen LogP contribution in [0.5, 0.6) is 11.5 Å². The van der Waals surface area contributed by atoms with Crippen molar-refractivity contribution >= 4 is 17.1 Å². The molecule has 0 aliphatic rings. The molecule has 0 N–H and O–H groups in total. The van der Waals surface area contributed by atoms with Gasteiger partial charge in [-0.1, -0.05) is 12.1 Å². The minimum atomic E-state index is -0.388. The van der Waals surface area contributed by atoms with Crippen LogP contribution in [0.25, 0.3) is 10.6 Å². The van der Waals surface area contributed by atoms with Crippen LogP contribution in [0.1, 0.15) is 22.3 Å². The molecule has 0 atom stereocenters. The number of nitrogens with zero attached hydrogens (tertiary/aromatic N) is 1. The lowest BCUT2D eigenvalue weighted by Crippen LogP contribution is -2.09. The molecule has 0 unspecified atom stereocenters. The number of hydrogen-bond acceptors (Lipinski definition) is 5. The van der Waals surface area contributed by atoms with Gasteiger partial charge < -0.3 is 9.47 Å². The van der Waals surface area contributed by atoms with E-state index in [0.29, 0.717) is 17.2 Å². The number of carbonyl (C=O) groups excluding carboxylic acids is 1. The first-order valence-electron chi connectivity index (χ1n) is 8.13. The van der Waals surface area contributed by atoms with Gasteiger partial charge in [-0.05, 0) is 43.3 Å². The Hall–Kier alpha value is -2.73. The highest BCUT2D eigenvalue weighted by Crippen LogP contribution is 2.29. The highest BCUT2D eigenvalue weighted by molar-refractivity contribution is 7.17. The largest absolute Gasteiger partial charge is 0.490 e. The molecule has 0 spiro atoms. The molecule has 3 rings (SSSR count). The molecule has 6 heteroatoms. The Bertz CT molecular complexity index is 906. The van der Waals surface area contributed by atoms with E-state index in [4.69, 9.17) is 9.47 Å². The molecule has 0 fully saturated rings. The number of thiazole rings is 1. The summed E-state index contributed by atoms with van der Waals surface area (Å²) in [4.78, 5) is 16.7. The van der Waals surface area contributed by atoms with Gasteiger partial charge in [-0.2, -0.15) is 0 Å². The van der Waals surface area contributed by atoms with Crippen LogP contribution in [0.15, 0.2) is 48.5 Å². The van der Waals surface area contributed by atoms with Crippen LogP contribution in [-0.4, -0.2) is 24.0 Å². The number of aromatic nitrogens is 1. The molecule has 4 nitrogen and oxygen atoms in total. The van der Waals surface area contributed by atoms with Crippen molar-refractivity contribution in [1.29, 1.82) is 0 Å². The van der Waals surface area contributed by atoms with E-state index >= 15 is 0 Å². The summed E-state index contributed by atoms with van der Waals surface area (Å²) in [5.41, 5.74) is 1.68. The fraction of sp³-hybridized carbons (Fsp3) is 0.200. The Kier molecular flexibility index (Phi) is 5.63. The molecule has 0 saturated carbocycles. The molecular weight excluding hydrogens is 353 g/mol. The van der Waals surface area contributed by atoms with Gasteiger partial charge in [-0.15, -0.1) is 11.3 Å². The van der Waals surface area contributed by atoms with Gasteiger partial charge in [0.15, 0.2) is 17.3 Å². The van der Waals surface area contributed by atoms with Crippen LogP contribution >= 0.6 is 11.3 Å². The van der Waals surface area contributed by atoms with Crippen LogP contribution in [0, 0.1) is 12.7 Å². The van der Waals surface area contributed by atoms with E-state index in [0.717, 1.165) is 16.3 Å². The average Bonchev–Trinajstić information content (AvgIpc) is 3.03. The number of rotatable bonds is 7. The van der Waals surface area contributed by atoms with E-state index < -0.39 is 0 Å². The van der Waals surface area contributed by atoms with Gasteiger partial charge in [-0.25, -0.2) is 9.37 Å². The zero-order valence-corrected chi connectivity index (χ0v) is 15.3. The SMILES string of the molecule is CC(=O)c1sc(-c2ccc(OCCOc3ccccc3F)cc2)nc1C. The van der Waals surface area contributed by atoms with Crippen molar-refractivity contribution in [2.24, 2.45) is 0 Å². The second-order valence-corrected chi connectivity index (χ2v) is 6.64. The maximum absolute atomic E-state index is 13.4. The minimum absolute atomic E-state index is 0.0288. The first kappa shape index (κ1) is 18.1. The molecule has 0 radical (unpaired) electrons. The molecule has 1 aromatic heterocycles. The average molecular weight is 371 g/mol. The summed E-state index contributed by atoms with van der Waals surface area (Å²) in [5, 5.41) is 0.808. The van der Waals surface area contributed by atoms with Gasteiger partial charge in [0, 0.05) is 12.5 Å². The fourth-order valence-electron chi connectivity index (χ4n) is 2.41. The summed E-state index contributed by atoms with van der Waals surface area (Å²) < 4.78 is 24.4. The van der Waals surface area contributed by atoms with Crippen molar-refractivity contribution in [2.45, 2.75) is 13.8 Å². The monoisotopic (exact) mass is 371 g/mol. The Balaban J connectivity index is 1.55. The molecule has 26 heavy (non-hydrogen) atoms. The number of para-hydroxylation sites is 1. The first-order valence-corrected chi connectivity index (χ1v) is 8.95. The molecule has 0 bridgehead atoms. The Labute approximate surface area is 155 Å². The van der Waals surface area contributed by atoms with Crippen LogP contribution < -0.4 is 9.47 Å². The summed E-state index contributed by atoms with van der Waals surface area (Å²) >= 11 is 1.39. The molecule has 0 aliphatic heterocycles. The van der Waals surface area contributed by atoms with E-state index in [1.54, 1.807) is 25.1 Å². The van der Waals surface area contributed by atoms with Crippen molar-refractivity contribution in [3.05, 3.63) is 64.9 Å². The van der Waals surface area contributed by atoms with E-state index in [-0.39, 0.29) is 24.0 Å². The number of carbonyl (C=O) groups is 1. The number of ketones is 1. The molecule has 0 saturated heterocycles. The van der Waals surface area contributed by atoms with Crippen molar-refractivity contribution in [3.63, 3.8) is 0 Å². The first-order chi connectivity index (χ1) is 12.5. The topological polar surface area (TPSA) is 48.4 Å². The predicted molar refractivity (Wildman–Crippen MR) is 99.7 cm³/mol. The predicted octanol–water partition coefficient (Wildman–Crippen LogP) is 4.92. The molecule has 3 aromatic rings. The molecule has 0 amide bonds. The number of hydrogen-bond donors (Lipinski definition) is 0. The maximum Gasteiger partial charge on any atom is 0.171 e. The van der Waals surface area contributed by atoms with Crippen LogP contribution in [0.2, 0.25) is 0 Å². The highest BCUT2D eigenvalue weighted by atomic mass is 32.1. The molecular formula is C20H18FNO3S. The molecule has 134 valence electrons. The Morgan fingerprint density at radius 1 is 1.08 bits per heavy atom.